The van der Waals surface area contributed by atoms with Gasteiger partial charge in [-0.2, -0.15) is 0 Å². The van der Waals surface area contributed by atoms with Gasteiger partial charge in [0.15, 0.2) is 11.9 Å². The van der Waals surface area contributed by atoms with Gasteiger partial charge in [0.25, 0.3) is 0 Å². The molecule has 6 nitrogen and oxygen atoms in total. The Bertz CT molecular complexity index is 930. The van der Waals surface area contributed by atoms with Crippen LogP contribution >= 0.6 is 0 Å². The van der Waals surface area contributed by atoms with Gasteiger partial charge in [0.1, 0.15) is 17.8 Å². The molecule has 3 aromatic rings. The number of rotatable bonds is 5. The van der Waals surface area contributed by atoms with Crippen LogP contribution in [0.3, 0.4) is 0 Å². The van der Waals surface area contributed by atoms with E-state index in [4.69, 9.17) is 14.3 Å². The van der Waals surface area contributed by atoms with Crippen molar-refractivity contribution in [2.45, 2.75) is 25.9 Å². The van der Waals surface area contributed by atoms with Crippen LogP contribution in [0.5, 0.6) is 17.2 Å². The first-order valence-electron chi connectivity index (χ1n) is 8.77. The van der Waals surface area contributed by atoms with Crippen LogP contribution in [0.1, 0.15) is 30.6 Å². The van der Waals surface area contributed by atoms with E-state index in [1.807, 2.05) is 42.5 Å². The summed E-state index contributed by atoms with van der Waals surface area (Å²) in [6, 6.07) is 15.8. The van der Waals surface area contributed by atoms with E-state index in [1.165, 1.54) is 11.9 Å². The van der Waals surface area contributed by atoms with Crippen molar-refractivity contribution < 1.29 is 14.3 Å². The zero-order valence-corrected chi connectivity index (χ0v) is 14.9. The van der Waals surface area contributed by atoms with Gasteiger partial charge in [0.2, 0.25) is 5.90 Å². The molecule has 4 rings (SSSR count). The Morgan fingerprint density at radius 3 is 2.63 bits per heavy atom. The summed E-state index contributed by atoms with van der Waals surface area (Å²) in [5.41, 5.74) is 2.36. The van der Waals surface area contributed by atoms with Crippen LogP contribution in [-0.4, -0.2) is 15.9 Å². The molecule has 1 aliphatic carbocycles. The topological polar surface area (TPSA) is 65.8 Å². The molecule has 0 spiro atoms. The van der Waals surface area contributed by atoms with E-state index in [0.29, 0.717) is 11.6 Å². The Hall–Kier alpha value is -3.41. The lowest BCUT2D eigenvalue weighted by Crippen LogP contribution is -2.06. The number of hydrogen-bond donors (Lipinski definition) is 0. The number of oxime groups is 1. The Balaban J connectivity index is 1.40. The van der Waals surface area contributed by atoms with E-state index in [9.17, 15) is 0 Å². The fourth-order valence-electron chi connectivity index (χ4n) is 3.02. The van der Waals surface area contributed by atoms with E-state index < -0.39 is 0 Å². The summed E-state index contributed by atoms with van der Waals surface area (Å²) >= 11 is 0. The second-order valence-electron chi connectivity index (χ2n) is 6.20. The minimum Gasteiger partial charge on any atom is -0.457 e. The summed E-state index contributed by atoms with van der Waals surface area (Å²) in [6.45, 7) is 1.74. The summed E-state index contributed by atoms with van der Waals surface area (Å²) in [5, 5.41) is 4.10. The van der Waals surface area contributed by atoms with Gasteiger partial charge < -0.3 is 14.3 Å². The molecule has 6 heteroatoms. The molecule has 2 aromatic carbocycles. The summed E-state index contributed by atoms with van der Waals surface area (Å²) in [4.78, 5) is 13.5. The molecule has 1 aromatic heterocycles. The number of para-hydroxylation sites is 1. The van der Waals surface area contributed by atoms with Crippen LogP contribution in [-0.2, 0) is 11.3 Å². The lowest BCUT2D eigenvalue weighted by Gasteiger charge is -2.12. The summed E-state index contributed by atoms with van der Waals surface area (Å²) in [6.07, 6.45) is 6.30. The number of fused-ring (bicyclic) bond motifs is 1. The minimum atomic E-state index is -0.0867. The highest BCUT2D eigenvalue weighted by molar-refractivity contribution is 5.75. The highest BCUT2D eigenvalue weighted by atomic mass is 16.7. The fraction of sp³-hybridized carbons (Fsp3) is 0.190. The lowest BCUT2D eigenvalue weighted by atomic mass is 10.1. The van der Waals surface area contributed by atoms with Gasteiger partial charge in [0.05, 0.1) is 12.4 Å². The van der Waals surface area contributed by atoms with Crippen LogP contribution in [0.4, 0.5) is 0 Å². The van der Waals surface area contributed by atoms with Crippen molar-refractivity contribution in [2.75, 3.05) is 0 Å². The number of aryl methyl sites for hydroxylation is 1. The van der Waals surface area contributed by atoms with E-state index >= 15 is 0 Å². The number of benzene rings is 2. The van der Waals surface area contributed by atoms with E-state index in [-0.39, 0.29) is 6.10 Å². The highest BCUT2D eigenvalue weighted by Gasteiger charge is 2.25. The van der Waals surface area contributed by atoms with Gasteiger partial charge in [0, 0.05) is 6.92 Å². The van der Waals surface area contributed by atoms with Gasteiger partial charge in [-0.3, -0.25) is 0 Å². The number of nitrogens with zero attached hydrogens (tertiary/aromatic N) is 3. The predicted molar refractivity (Wildman–Crippen MR) is 101 cm³/mol. The van der Waals surface area contributed by atoms with Crippen molar-refractivity contribution in [3.05, 3.63) is 78.4 Å². The molecule has 0 aliphatic heterocycles. The molecule has 0 bridgehead atoms. The molecule has 27 heavy (non-hydrogen) atoms. The predicted octanol–water partition coefficient (Wildman–Crippen LogP) is 4.69. The average Bonchev–Trinajstić information content (AvgIpc) is 3.10. The third-order valence-corrected chi connectivity index (χ3v) is 4.23. The van der Waals surface area contributed by atoms with Crippen LogP contribution < -0.4 is 9.47 Å². The monoisotopic (exact) mass is 361 g/mol. The van der Waals surface area contributed by atoms with Gasteiger partial charge in [-0.05, 0) is 48.2 Å². The number of hydrogen-bond acceptors (Lipinski definition) is 6. The SMILES string of the molecule is C/C(=N\OC1CCc2cc(Oc3ccccc3)ccc21)Oc1cncnc1. The molecule has 1 heterocycles. The third kappa shape index (κ3) is 4.23. The molecular weight excluding hydrogens is 342 g/mol. The second-order valence-corrected chi connectivity index (χ2v) is 6.20. The molecule has 0 amide bonds. The first-order chi connectivity index (χ1) is 13.3. The highest BCUT2D eigenvalue weighted by Crippen LogP contribution is 2.37. The molecule has 1 atom stereocenters. The maximum absolute atomic E-state index is 5.90. The third-order valence-electron chi connectivity index (χ3n) is 4.23. The molecule has 0 fully saturated rings. The van der Waals surface area contributed by atoms with Gasteiger partial charge >= 0.3 is 0 Å². The fourth-order valence-corrected chi connectivity index (χ4v) is 3.02. The van der Waals surface area contributed by atoms with E-state index in [2.05, 4.69) is 21.2 Å². The Labute approximate surface area is 157 Å². The Morgan fingerprint density at radius 2 is 1.81 bits per heavy atom. The van der Waals surface area contributed by atoms with Crippen LogP contribution in [0, 0.1) is 0 Å². The minimum absolute atomic E-state index is 0.0867. The molecule has 0 saturated heterocycles. The molecule has 0 saturated carbocycles. The second kappa shape index (κ2) is 7.86. The molecule has 0 radical (unpaired) electrons. The number of ether oxygens (including phenoxy) is 2. The van der Waals surface area contributed by atoms with Crippen molar-refractivity contribution >= 4 is 5.90 Å². The molecule has 1 aliphatic rings. The largest absolute Gasteiger partial charge is 0.457 e. The van der Waals surface area contributed by atoms with Crippen molar-refractivity contribution in [1.82, 2.24) is 9.97 Å². The van der Waals surface area contributed by atoms with Crippen LogP contribution in [0.2, 0.25) is 0 Å². The van der Waals surface area contributed by atoms with E-state index in [1.54, 1.807) is 19.3 Å². The smallest absolute Gasteiger partial charge is 0.228 e. The Kier molecular flexibility index (Phi) is 4.96. The maximum atomic E-state index is 5.90. The molecular formula is C21H19N3O3. The van der Waals surface area contributed by atoms with Gasteiger partial charge in [-0.15, -0.1) is 0 Å². The molecule has 1 unspecified atom stereocenters. The quantitative estimate of drug-likeness (QED) is 0.375. The maximum Gasteiger partial charge on any atom is 0.228 e. The van der Waals surface area contributed by atoms with Gasteiger partial charge in [-0.1, -0.05) is 29.4 Å². The van der Waals surface area contributed by atoms with Gasteiger partial charge in [-0.25, -0.2) is 9.97 Å². The summed E-state index contributed by atoms with van der Waals surface area (Å²) < 4.78 is 11.4. The number of aromatic nitrogens is 2. The Morgan fingerprint density at radius 1 is 1.00 bits per heavy atom. The summed E-state index contributed by atoms with van der Waals surface area (Å²) in [5.74, 6) is 2.58. The first-order valence-corrected chi connectivity index (χ1v) is 8.77. The van der Waals surface area contributed by atoms with E-state index in [0.717, 1.165) is 29.9 Å². The normalized spacial score (nSPS) is 15.9. The first kappa shape index (κ1) is 17.0. The molecule has 0 N–H and O–H groups in total. The van der Waals surface area contributed by atoms with Crippen LogP contribution in [0.15, 0.2) is 72.4 Å². The average molecular weight is 361 g/mol. The zero-order valence-electron chi connectivity index (χ0n) is 14.9. The molecule has 136 valence electrons. The van der Waals surface area contributed by atoms with Crippen LogP contribution in [0.25, 0.3) is 0 Å². The van der Waals surface area contributed by atoms with Crippen molar-refractivity contribution in [3.63, 3.8) is 0 Å². The zero-order chi connectivity index (χ0) is 18.5. The van der Waals surface area contributed by atoms with Crippen molar-refractivity contribution in [2.24, 2.45) is 5.16 Å². The standard InChI is InChI=1S/C21H19N3O3/c1-15(25-19-12-22-14-23-13-19)24-27-21-10-7-16-11-18(8-9-20(16)21)26-17-5-3-2-4-6-17/h2-6,8-9,11-14,21H,7,10H2,1H3/b24-15+. The lowest BCUT2D eigenvalue weighted by molar-refractivity contribution is 0.0562. The van der Waals surface area contributed by atoms with Crippen molar-refractivity contribution in [3.8, 4) is 17.2 Å². The summed E-state index contributed by atoms with van der Waals surface area (Å²) in [7, 11) is 0. The van der Waals surface area contributed by atoms with Crippen molar-refractivity contribution in [1.29, 1.82) is 0 Å².